The third-order valence-electron chi connectivity index (χ3n) is 0.167. The molecule has 5 heteroatoms. The van der Waals surface area contributed by atoms with Crippen LogP contribution in [0.1, 0.15) is 0 Å². The van der Waals surface area contributed by atoms with E-state index in [9.17, 15) is 0 Å². The van der Waals surface area contributed by atoms with Crippen LogP contribution in [-0.4, -0.2) is 0 Å². The average Bonchev–Trinajstić information content (AvgIpc) is 1.37. The van der Waals surface area contributed by atoms with Crippen molar-refractivity contribution in [3.8, 4) is 0 Å². The predicted molar refractivity (Wildman–Crippen MR) is 34.9 cm³/mol. The molecule has 0 aromatic heterocycles. The average molecular weight is 729 g/mol. The summed E-state index contributed by atoms with van der Waals surface area (Å²) in [5.74, 6) is 0. The van der Waals surface area contributed by atoms with E-state index >= 15 is 0 Å². The number of allylic oxidation sites excluding steroid dienone is 2. The van der Waals surface area contributed by atoms with Crippen molar-refractivity contribution >= 4 is 24.8 Å². The quantitative estimate of drug-likeness (QED) is 0.287. The van der Waals surface area contributed by atoms with E-state index in [1.54, 1.807) is 12.2 Å². The van der Waals surface area contributed by atoms with Gasteiger partial charge in [0.1, 0.15) is 0 Å². The Bertz CT molecular complexity index is 34.8. The Morgan fingerprint density at radius 3 is 0.778 bits per heavy atom. The van der Waals surface area contributed by atoms with Gasteiger partial charge in [-0.05, 0) is 0 Å². The molecule has 0 bridgehead atoms. The fourth-order valence-corrected chi connectivity index (χ4v) is 0. The molecule has 0 aliphatic carbocycles. The van der Waals surface area contributed by atoms with Crippen LogP contribution in [0.25, 0.3) is 0 Å². The molecule has 0 aromatic rings. The SMILES string of the molecule is C=CC=C.Cl.Cl.[Hg].[Hg].[Hg]. The van der Waals surface area contributed by atoms with Gasteiger partial charge >= 0.3 is 0 Å². The second-order valence-corrected chi connectivity index (χ2v) is 0.471. The van der Waals surface area contributed by atoms with Gasteiger partial charge in [0.15, 0.2) is 0 Å². The van der Waals surface area contributed by atoms with Crippen LogP contribution in [0.2, 0.25) is 0 Å². The van der Waals surface area contributed by atoms with Gasteiger partial charge < -0.3 is 0 Å². The third kappa shape index (κ3) is 57.2. The molecule has 0 radical (unpaired) electrons. The van der Waals surface area contributed by atoms with Gasteiger partial charge in [-0.2, -0.15) is 0 Å². The minimum atomic E-state index is 0. The second kappa shape index (κ2) is 44.7. The molecule has 9 heavy (non-hydrogen) atoms. The molecule has 0 aromatic carbocycles. The summed E-state index contributed by atoms with van der Waals surface area (Å²) < 4.78 is 0. The first-order valence-corrected chi connectivity index (χ1v) is 1.15. The number of hydrogen-bond donors (Lipinski definition) is 0. The summed E-state index contributed by atoms with van der Waals surface area (Å²) in [5.41, 5.74) is 0. The first kappa shape index (κ1) is 40.7. The number of hydrogen-bond acceptors (Lipinski definition) is 0. The van der Waals surface area contributed by atoms with E-state index < -0.39 is 0 Å². The molecule has 0 fully saturated rings. The summed E-state index contributed by atoms with van der Waals surface area (Å²) in [6.45, 7) is 6.72. The van der Waals surface area contributed by atoms with Crippen LogP contribution in [-0.2, 0) is 83.0 Å². The van der Waals surface area contributed by atoms with E-state index in [1.165, 1.54) is 0 Å². The van der Waals surface area contributed by atoms with E-state index in [1.807, 2.05) is 0 Å². The monoisotopic (exact) mass is 732 g/mol. The van der Waals surface area contributed by atoms with Crippen LogP contribution >= 0.6 is 24.8 Å². The Morgan fingerprint density at radius 1 is 0.667 bits per heavy atom. The van der Waals surface area contributed by atoms with Gasteiger partial charge in [-0.1, -0.05) is 25.3 Å². The molecule has 44 valence electrons. The van der Waals surface area contributed by atoms with Gasteiger partial charge in [0.05, 0.1) is 0 Å². The smallest absolute Gasteiger partial charge is 0 e. The Balaban J connectivity index is -0.00000000450. The minimum absolute atomic E-state index is 0. The second-order valence-electron chi connectivity index (χ2n) is 0.471. The fourth-order valence-electron chi connectivity index (χ4n) is 0. The van der Waals surface area contributed by atoms with E-state index in [2.05, 4.69) is 13.2 Å². The maximum Gasteiger partial charge on any atom is 0 e. The molecular weight excluding hydrogens is 721 g/mol. The Labute approximate surface area is 131 Å². The fraction of sp³-hybridized carbons (Fsp3) is 0. The van der Waals surface area contributed by atoms with Crippen LogP contribution in [0.15, 0.2) is 25.3 Å². The summed E-state index contributed by atoms with van der Waals surface area (Å²) in [6, 6.07) is 0. The molecule has 0 nitrogen and oxygen atoms in total. The van der Waals surface area contributed by atoms with Crippen LogP contribution in [0, 0.1) is 0 Å². The molecule has 0 rings (SSSR count). The molecule has 0 saturated heterocycles. The Morgan fingerprint density at radius 2 is 0.778 bits per heavy atom. The summed E-state index contributed by atoms with van der Waals surface area (Å²) >= 11 is 0. The minimum Gasteiger partial charge on any atom is -0.147 e. The largest absolute Gasteiger partial charge is 0.147 e. The van der Waals surface area contributed by atoms with Crippen LogP contribution in [0.3, 0.4) is 0 Å². The van der Waals surface area contributed by atoms with E-state index in [-0.39, 0.29) is 108 Å². The summed E-state index contributed by atoms with van der Waals surface area (Å²) in [5, 5.41) is 0. The van der Waals surface area contributed by atoms with Crippen molar-refractivity contribution in [1.82, 2.24) is 0 Å². The van der Waals surface area contributed by atoms with Crippen molar-refractivity contribution in [3.05, 3.63) is 25.3 Å². The Kier molecular flexibility index (Phi) is 202. The standard InChI is InChI=1S/C4H6.2ClH.3Hg/c1-3-4-2;;;;;/h3-4H,1-2H2;2*1H;;;. The predicted octanol–water partition coefficient (Wildman–Crippen LogP) is 2.19. The van der Waals surface area contributed by atoms with E-state index in [4.69, 9.17) is 0 Å². The molecule has 0 N–H and O–H groups in total. The normalized spacial score (nSPS) is 2.22. The molecule has 0 aliphatic rings. The maximum atomic E-state index is 3.36. The van der Waals surface area contributed by atoms with Gasteiger partial charge in [0, 0.05) is 83.0 Å². The van der Waals surface area contributed by atoms with Crippen molar-refractivity contribution in [1.29, 1.82) is 0 Å². The van der Waals surface area contributed by atoms with Crippen LogP contribution in [0.5, 0.6) is 0 Å². The molecular formula is C4H8Cl2Hg3. The van der Waals surface area contributed by atoms with E-state index in [0.717, 1.165) is 0 Å². The summed E-state index contributed by atoms with van der Waals surface area (Å²) in [6.07, 6.45) is 3.28. The number of rotatable bonds is 1. The van der Waals surface area contributed by atoms with Crippen molar-refractivity contribution in [3.63, 3.8) is 0 Å². The van der Waals surface area contributed by atoms with Crippen LogP contribution in [0.4, 0.5) is 0 Å². The first-order valence-electron chi connectivity index (χ1n) is 1.15. The zero-order chi connectivity index (χ0) is 3.41. The topological polar surface area (TPSA) is 0 Å². The maximum absolute atomic E-state index is 3.36. The van der Waals surface area contributed by atoms with Crippen molar-refractivity contribution in [2.75, 3.05) is 0 Å². The third-order valence-corrected chi connectivity index (χ3v) is 0.167. The zero-order valence-electron chi connectivity index (χ0n) is 5.51. The summed E-state index contributed by atoms with van der Waals surface area (Å²) in [7, 11) is 0. The van der Waals surface area contributed by atoms with Crippen molar-refractivity contribution < 1.29 is 83.0 Å². The van der Waals surface area contributed by atoms with Gasteiger partial charge in [-0.25, -0.2) is 0 Å². The summed E-state index contributed by atoms with van der Waals surface area (Å²) in [4.78, 5) is 0. The molecule has 0 atom stereocenters. The van der Waals surface area contributed by atoms with Gasteiger partial charge in [0.25, 0.3) is 0 Å². The molecule has 0 saturated carbocycles. The van der Waals surface area contributed by atoms with Crippen molar-refractivity contribution in [2.45, 2.75) is 0 Å². The van der Waals surface area contributed by atoms with Crippen LogP contribution < -0.4 is 0 Å². The molecule has 0 unspecified atom stereocenters. The molecule has 0 heterocycles. The molecule has 0 amide bonds. The van der Waals surface area contributed by atoms with E-state index in [0.29, 0.717) is 0 Å². The zero-order valence-corrected chi connectivity index (χ0v) is 23.6. The van der Waals surface area contributed by atoms with Gasteiger partial charge in [0.2, 0.25) is 0 Å². The van der Waals surface area contributed by atoms with Crippen molar-refractivity contribution in [2.24, 2.45) is 0 Å². The Hall–Kier alpha value is 2.87. The van der Waals surface area contributed by atoms with Gasteiger partial charge in [-0.15, -0.1) is 24.8 Å². The number of halogens is 2. The molecule has 0 spiro atoms. The first-order chi connectivity index (χ1) is 1.91. The molecule has 0 aliphatic heterocycles. The van der Waals surface area contributed by atoms with Gasteiger partial charge in [-0.3, -0.25) is 0 Å².